The molecule has 6 heteroatoms. The topological polar surface area (TPSA) is 46.5 Å². The number of rotatable bonds is 4. The summed E-state index contributed by atoms with van der Waals surface area (Å²) in [7, 11) is 1.20. The zero-order valence-electron chi connectivity index (χ0n) is 11.0. The normalized spacial score (nSPS) is 17.4. The SMILES string of the molecule is COc1c(F)cc(C(F)F)cc1C1(C(=O)O)CCCC1. The molecule has 2 rings (SSSR count). The van der Waals surface area contributed by atoms with Gasteiger partial charge in [0.1, 0.15) is 0 Å². The lowest BCUT2D eigenvalue weighted by Gasteiger charge is -2.27. The quantitative estimate of drug-likeness (QED) is 0.919. The van der Waals surface area contributed by atoms with Crippen LogP contribution < -0.4 is 4.74 Å². The summed E-state index contributed by atoms with van der Waals surface area (Å²) in [6.07, 6.45) is -0.942. The molecule has 0 atom stereocenters. The molecular weight excluding hydrogens is 273 g/mol. The van der Waals surface area contributed by atoms with Crippen LogP contribution in [0.4, 0.5) is 13.2 Å². The zero-order valence-corrected chi connectivity index (χ0v) is 11.0. The number of carboxylic acid groups (broad SMARTS) is 1. The van der Waals surface area contributed by atoms with Crippen LogP contribution in [0.5, 0.6) is 5.75 Å². The summed E-state index contributed by atoms with van der Waals surface area (Å²) >= 11 is 0. The van der Waals surface area contributed by atoms with Gasteiger partial charge in [0.25, 0.3) is 6.43 Å². The van der Waals surface area contributed by atoms with Crippen molar-refractivity contribution in [3.05, 3.63) is 29.1 Å². The van der Waals surface area contributed by atoms with E-state index in [-0.39, 0.29) is 11.3 Å². The molecule has 1 saturated carbocycles. The maximum atomic E-state index is 13.9. The monoisotopic (exact) mass is 288 g/mol. The summed E-state index contributed by atoms with van der Waals surface area (Å²) in [5.74, 6) is -2.33. The van der Waals surface area contributed by atoms with Crippen molar-refractivity contribution < 1.29 is 27.8 Å². The molecule has 1 aliphatic rings. The Morgan fingerprint density at radius 2 is 1.95 bits per heavy atom. The van der Waals surface area contributed by atoms with Gasteiger partial charge in [-0.2, -0.15) is 0 Å². The summed E-state index contributed by atoms with van der Waals surface area (Å²) < 4.78 is 44.5. The lowest BCUT2D eigenvalue weighted by atomic mass is 9.77. The third-order valence-corrected chi connectivity index (χ3v) is 3.90. The van der Waals surface area contributed by atoms with E-state index in [0.717, 1.165) is 6.07 Å². The molecule has 3 nitrogen and oxygen atoms in total. The van der Waals surface area contributed by atoms with Crippen LogP contribution in [0.15, 0.2) is 12.1 Å². The molecule has 0 heterocycles. The molecule has 0 aromatic heterocycles. The van der Waals surface area contributed by atoms with Crippen LogP contribution in [-0.2, 0) is 10.2 Å². The molecule has 0 radical (unpaired) electrons. The van der Waals surface area contributed by atoms with Gasteiger partial charge in [0.2, 0.25) is 0 Å². The summed E-state index contributed by atoms with van der Waals surface area (Å²) in [6.45, 7) is 0. The second-order valence-corrected chi connectivity index (χ2v) is 4.98. The van der Waals surface area contributed by atoms with Crippen LogP contribution in [0.3, 0.4) is 0 Å². The fraction of sp³-hybridized carbons (Fsp3) is 0.500. The Bertz CT molecular complexity index is 523. The Kier molecular flexibility index (Phi) is 3.92. The smallest absolute Gasteiger partial charge is 0.314 e. The van der Waals surface area contributed by atoms with Gasteiger partial charge in [-0.1, -0.05) is 12.8 Å². The van der Waals surface area contributed by atoms with Crippen LogP contribution in [-0.4, -0.2) is 18.2 Å². The van der Waals surface area contributed by atoms with Crippen molar-refractivity contribution in [3.63, 3.8) is 0 Å². The average Bonchev–Trinajstić information content (AvgIpc) is 2.88. The predicted molar refractivity (Wildman–Crippen MR) is 65.7 cm³/mol. The van der Waals surface area contributed by atoms with Crippen LogP contribution in [0.1, 0.15) is 43.2 Å². The summed E-state index contributed by atoms with van der Waals surface area (Å²) in [6, 6.07) is 1.75. The van der Waals surface area contributed by atoms with Gasteiger partial charge in [-0.15, -0.1) is 0 Å². The average molecular weight is 288 g/mol. The summed E-state index contributed by atoms with van der Waals surface area (Å²) in [4.78, 5) is 11.6. The number of methoxy groups -OCH3 is 1. The second-order valence-electron chi connectivity index (χ2n) is 4.98. The third kappa shape index (κ3) is 2.23. The van der Waals surface area contributed by atoms with Crippen molar-refractivity contribution >= 4 is 5.97 Å². The number of carboxylic acids is 1. The maximum absolute atomic E-state index is 13.9. The number of hydrogen-bond acceptors (Lipinski definition) is 2. The number of carbonyl (C=O) groups is 1. The third-order valence-electron chi connectivity index (χ3n) is 3.90. The Labute approximate surface area is 114 Å². The van der Waals surface area contributed by atoms with Crippen LogP contribution in [0.2, 0.25) is 0 Å². The van der Waals surface area contributed by atoms with E-state index < -0.39 is 29.2 Å². The molecule has 1 N–H and O–H groups in total. The van der Waals surface area contributed by atoms with Crippen molar-refractivity contribution in [2.24, 2.45) is 0 Å². The first-order valence-electron chi connectivity index (χ1n) is 6.32. The van der Waals surface area contributed by atoms with Gasteiger partial charge in [-0.25, -0.2) is 13.2 Å². The molecule has 0 bridgehead atoms. The van der Waals surface area contributed by atoms with Gasteiger partial charge in [0.05, 0.1) is 12.5 Å². The molecule has 0 amide bonds. The first-order valence-corrected chi connectivity index (χ1v) is 6.32. The molecule has 1 aromatic rings. The molecule has 1 aromatic carbocycles. The Balaban J connectivity index is 2.67. The summed E-state index contributed by atoms with van der Waals surface area (Å²) in [5, 5.41) is 9.49. The number of hydrogen-bond donors (Lipinski definition) is 1. The molecule has 0 saturated heterocycles. The van der Waals surface area contributed by atoms with Crippen molar-refractivity contribution in [1.29, 1.82) is 0 Å². The number of benzene rings is 1. The first-order chi connectivity index (χ1) is 9.42. The first kappa shape index (κ1) is 14.7. The zero-order chi connectivity index (χ0) is 14.9. The van der Waals surface area contributed by atoms with E-state index >= 15 is 0 Å². The van der Waals surface area contributed by atoms with Crippen molar-refractivity contribution in [2.45, 2.75) is 37.5 Å². The molecule has 0 aliphatic heterocycles. The molecule has 0 spiro atoms. The van der Waals surface area contributed by atoms with E-state index in [1.54, 1.807) is 0 Å². The standard InChI is InChI=1S/C14H15F3O3/c1-20-11-9(6-8(12(16)17)7-10(11)15)14(13(18)19)4-2-3-5-14/h6-7,12H,2-5H2,1H3,(H,18,19). The van der Waals surface area contributed by atoms with Crippen molar-refractivity contribution in [2.75, 3.05) is 7.11 Å². The highest BCUT2D eigenvalue weighted by atomic mass is 19.3. The predicted octanol–water partition coefficient (Wildman–Crippen LogP) is 3.67. The minimum absolute atomic E-state index is 0.0142. The molecule has 1 aliphatic carbocycles. The molecule has 1 fully saturated rings. The van der Waals surface area contributed by atoms with Gasteiger partial charge in [0.15, 0.2) is 11.6 Å². The highest BCUT2D eigenvalue weighted by Crippen LogP contribution is 2.46. The molecule has 20 heavy (non-hydrogen) atoms. The fourth-order valence-electron chi connectivity index (χ4n) is 2.88. The highest BCUT2D eigenvalue weighted by Gasteiger charge is 2.45. The Morgan fingerprint density at radius 3 is 2.40 bits per heavy atom. The van der Waals surface area contributed by atoms with E-state index in [1.807, 2.05) is 0 Å². The lowest BCUT2D eigenvalue weighted by Crippen LogP contribution is -2.33. The summed E-state index contributed by atoms with van der Waals surface area (Å²) in [5.41, 5.74) is -1.84. The van der Waals surface area contributed by atoms with Gasteiger partial charge in [-0.3, -0.25) is 4.79 Å². The molecular formula is C14H15F3O3. The number of aliphatic carboxylic acids is 1. The number of halogens is 3. The maximum Gasteiger partial charge on any atom is 0.314 e. The number of ether oxygens (including phenoxy) is 1. The van der Waals surface area contributed by atoms with Gasteiger partial charge in [0, 0.05) is 11.1 Å². The molecule has 0 unspecified atom stereocenters. The van der Waals surface area contributed by atoms with Gasteiger partial charge >= 0.3 is 5.97 Å². The van der Waals surface area contributed by atoms with Crippen LogP contribution in [0.25, 0.3) is 0 Å². The van der Waals surface area contributed by atoms with E-state index in [0.29, 0.717) is 31.7 Å². The number of alkyl halides is 2. The van der Waals surface area contributed by atoms with E-state index in [4.69, 9.17) is 4.74 Å². The Hall–Kier alpha value is -1.72. The van der Waals surface area contributed by atoms with E-state index in [1.165, 1.54) is 7.11 Å². The largest absolute Gasteiger partial charge is 0.493 e. The van der Waals surface area contributed by atoms with E-state index in [9.17, 15) is 23.1 Å². The lowest BCUT2D eigenvalue weighted by molar-refractivity contribution is -0.143. The van der Waals surface area contributed by atoms with Crippen LogP contribution in [0, 0.1) is 5.82 Å². The van der Waals surface area contributed by atoms with Crippen LogP contribution >= 0.6 is 0 Å². The van der Waals surface area contributed by atoms with E-state index in [2.05, 4.69) is 0 Å². The second kappa shape index (κ2) is 5.34. The minimum atomic E-state index is -2.86. The molecule has 110 valence electrons. The van der Waals surface area contributed by atoms with Gasteiger partial charge in [-0.05, 0) is 25.0 Å². The van der Waals surface area contributed by atoms with Crippen molar-refractivity contribution in [1.82, 2.24) is 0 Å². The fourth-order valence-corrected chi connectivity index (χ4v) is 2.88. The Morgan fingerprint density at radius 1 is 1.35 bits per heavy atom. The highest BCUT2D eigenvalue weighted by molar-refractivity contribution is 5.83. The van der Waals surface area contributed by atoms with Crippen molar-refractivity contribution in [3.8, 4) is 5.75 Å². The van der Waals surface area contributed by atoms with Gasteiger partial charge < -0.3 is 9.84 Å². The minimum Gasteiger partial charge on any atom is -0.493 e.